The number of carbonyl (C=O) groups is 2. The Kier molecular flexibility index (Phi) is 3.85. The van der Waals surface area contributed by atoms with E-state index in [0.29, 0.717) is 18.8 Å². The van der Waals surface area contributed by atoms with Crippen molar-refractivity contribution >= 4 is 11.8 Å². The molecule has 2 fully saturated rings. The van der Waals surface area contributed by atoms with Gasteiger partial charge in [0.15, 0.2) is 0 Å². The van der Waals surface area contributed by atoms with E-state index < -0.39 is 0 Å². The molecule has 0 atom stereocenters. The van der Waals surface area contributed by atoms with Crippen LogP contribution in [0.3, 0.4) is 0 Å². The molecule has 6 nitrogen and oxygen atoms in total. The highest BCUT2D eigenvalue weighted by atomic mass is 16.2. The number of amides is 2. The van der Waals surface area contributed by atoms with E-state index >= 15 is 0 Å². The predicted octanol–water partition coefficient (Wildman–Crippen LogP) is 1.26. The number of carbonyl (C=O) groups excluding carboxylic acids is 2. The third-order valence-electron chi connectivity index (χ3n) is 4.99. The first-order valence-corrected chi connectivity index (χ1v) is 7.93. The molecule has 1 spiro atoms. The van der Waals surface area contributed by atoms with Crippen molar-refractivity contribution < 1.29 is 9.59 Å². The maximum absolute atomic E-state index is 12.5. The van der Waals surface area contributed by atoms with Gasteiger partial charge in [-0.25, -0.2) is 4.98 Å². The summed E-state index contributed by atoms with van der Waals surface area (Å²) in [5.41, 5.74) is 0.950. The Labute approximate surface area is 130 Å². The van der Waals surface area contributed by atoms with Crippen molar-refractivity contribution in [2.45, 2.75) is 33.1 Å². The summed E-state index contributed by atoms with van der Waals surface area (Å²) in [6, 6.07) is 0. The van der Waals surface area contributed by atoms with Crippen LogP contribution in [0.5, 0.6) is 0 Å². The molecule has 6 heteroatoms. The summed E-state index contributed by atoms with van der Waals surface area (Å²) in [5, 5.41) is 0. The number of nitrogens with zero attached hydrogens (tertiary/aromatic N) is 4. The number of hydrogen-bond acceptors (Lipinski definition) is 4. The lowest BCUT2D eigenvalue weighted by molar-refractivity contribution is -0.137. The highest BCUT2D eigenvalue weighted by molar-refractivity contribution is 5.92. The molecule has 2 amide bonds. The second-order valence-corrected chi connectivity index (χ2v) is 6.25. The molecule has 0 unspecified atom stereocenters. The Bertz CT molecular complexity index is 576. The molecule has 22 heavy (non-hydrogen) atoms. The first-order chi connectivity index (χ1) is 10.6. The third kappa shape index (κ3) is 2.46. The number of hydrogen-bond donors (Lipinski definition) is 0. The SMILES string of the molecule is CCN1CCC2(CCN(C(=O)c3cnc(C)cn3)CC2)C1=O. The van der Waals surface area contributed by atoms with Crippen LogP contribution in [0.15, 0.2) is 12.4 Å². The second-order valence-electron chi connectivity index (χ2n) is 6.25. The molecule has 2 aliphatic heterocycles. The summed E-state index contributed by atoms with van der Waals surface area (Å²) >= 11 is 0. The molecular weight excluding hydrogens is 280 g/mol. The van der Waals surface area contributed by atoms with Crippen LogP contribution in [-0.2, 0) is 4.79 Å². The average Bonchev–Trinajstić information content (AvgIpc) is 2.85. The van der Waals surface area contributed by atoms with Gasteiger partial charge in [-0.15, -0.1) is 0 Å². The fourth-order valence-corrected chi connectivity index (χ4v) is 3.46. The molecule has 1 aromatic heterocycles. The van der Waals surface area contributed by atoms with Gasteiger partial charge < -0.3 is 9.80 Å². The molecule has 118 valence electrons. The first-order valence-electron chi connectivity index (χ1n) is 7.93. The zero-order valence-electron chi connectivity index (χ0n) is 13.2. The number of likely N-dealkylation sites (tertiary alicyclic amines) is 2. The van der Waals surface area contributed by atoms with Gasteiger partial charge in [-0.1, -0.05) is 0 Å². The van der Waals surface area contributed by atoms with Crippen molar-refractivity contribution in [3.63, 3.8) is 0 Å². The molecule has 0 bridgehead atoms. The highest BCUT2D eigenvalue weighted by Gasteiger charge is 2.48. The average molecular weight is 302 g/mol. The molecule has 0 radical (unpaired) electrons. The molecular formula is C16H22N4O2. The van der Waals surface area contributed by atoms with E-state index in [1.807, 2.05) is 18.7 Å². The summed E-state index contributed by atoms with van der Waals surface area (Å²) in [6.07, 6.45) is 5.58. The van der Waals surface area contributed by atoms with Crippen LogP contribution in [0, 0.1) is 12.3 Å². The summed E-state index contributed by atoms with van der Waals surface area (Å²) in [6.45, 7) is 6.74. The van der Waals surface area contributed by atoms with Crippen molar-refractivity contribution in [3.8, 4) is 0 Å². The van der Waals surface area contributed by atoms with Crippen LogP contribution < -0.4 is 0 Å². The van der Waals surface area contributed by atoms with Gasteiger partial charge in [0.05, 0.1) is 17.3 Å². The van der Waals surface area contributed by atoms with Gasteiger partial charge in [0, 0.05) is 32.4 Å². The van der Waals surface area contributed by atoms with Crippen LogP contribution >= 0.6 is 0 Å². The summed E-state index contributed by atoms with van der Waals surface area (Å²) < 4.78 is 0. The number of aromatic nitrogens is 2. The molecule has 0 aromatic carbocycles. The Balaban J connectivity index is 1.66. The number of rotatable bonds is 2. The lowest BCUT2D eigenvalue weighted by Gasteiger charge is -2.37. The smallest absolute Gasteiger partial charge is 0.274 e. The lowest BCUT2D eigenvalue weighted by atomic mass is 9.77. The Morgan fingerprint density at radius 2 is 1.86 bits per heavy atom. The van der Waals surface area contributed by atoms with E-state index in [0.717, 1.165) is 38.0 Å². The number of aryl methyl sites for hydroxylation is 1. The van der Waals surface area contributed by atoms with Crippen molar-refractivity contribution in [2.75, 3.05) is 26.2 Å². The minimum absolute atomic E-state index is 0.0832. The summed E-state index contributed by atoms with van der Waals surface area (Å²) in [5.74, 6) is 0.192. The van der Waals surface area contributed by atoms with Crippen molar-refractivity contribution in [2.24, 2.45) is 5.41 Å². The quantitative estimate of drug-likeness (QED) is 0.825. The fraction of sp³-hybridized carbons (Fsp3) is 0.625. The first kappa shape index (κ1) is 14.9. The van der Waals surface area contributed by atoms with Crippen LogP contribution in [0.4, 0.5) is 0 Å². The molecule has 0 N–H and O–H groups in total. The van der Waals surface area contributed by atoms with Gasteiger partial charge in [-0.2, -0.15) is 0 Å². The van der Waals surface area contributed by atoms with E-state index in [1.165, 1.54) is 6.20 Å². The molecule has 1 aromatic rings. The molecule has 0 saturated carbocycles. The highest BCUT2D eigenvalue weighted by Crippen LogP contribution is 2.41. The topological polar surface area (TPSA) is 66.4 Å². The summed E-state index contributed by atoms with van der Waals surface area (Å²) in [7, 11) is 0. The van der Waals surface area contributed by atoms with E-state index in [2.05, 4.69) is 9.97 Å². The van der Waals surface area contributed by atoms with Gasteiger partial charge in [0.25, 0.3) is 5.91 Å². The maximum Gasteiger partial charge on any atom is 0.274 e. The Morgan fingerprint density at radius 3 is 2.41 bits per heavy atom. The van der Waals surface area contributed by atoms with Crippen molar-refractivity contribution in [1.82, 2.24) is 19.8 Å². The van der Waals surface area contributed by atoms with E-state index in [1.54, 1.807) is 11.1 Å². The fourth-order valence-electron chi connectivity index (χ4n) is 3.46. The second kappa shape index (κ2) is 5.66. The van der Waals surface area contributed by atoms with Gasteiger partial charge >= 0.3 is 0 Å². The largest absolute Gasteiger partial charge is 0.342 e. The monoisotopic (exact) mass is 302 g/mol. The molecule has 2 aliphatic rings. The van der Waals surface area contributed by atoms with Gasteiger partial charge in [-0.05, 0) is 33.1 Å². The molecule has 2 saturated heterocycles. The number of piperidine rings is 1. The van der Waals surface area contributed by atoms with Gasteiger partial charge in [0.2, 0.25) is 5.91 Å². The van der Waals surface area contributed by atoms with Crippen LogP contribution in [0.2, 0.25) is 0 Å². The minimum Gasteiger partial charge on any atom is -0.342 e. The molecule has 3 heterocycles. The van der Waals surface area contributed by atoms with Gasteiger partial charge in [-0.3, -0.25) is 14.6 Å². The van der Waals surface area contributed by atoms with E-state index in [-0.39, 0.29) is 17.2 Å². The van der Waals surface area contributed by atoms with Crippen molar-refractivity contribution in [3.05, 3.63) is 23.8 Å². The third-order valence-corrected chi connectivity index (χ3v) is 4.99. The summed E-state index contributed by atoms with van der Waals surface area (Å²) in [4.78, 5) is 37.0. The van der Waals surface area contributed by atoms with Crippen LogP contribution in [0.1, 0.15) is 42.4 Å². The maximum atomic E-state index is 12.5. The van der Waals surface area contributed by atoms with Gasteiger partial charge in [0.1, 0.15) is 5.69 Å². The van der Waals surface area contributed by atoms with E-state index in [9.17, 15) is 9.59 Å². The van der Waals surface area contributed by atoms with Crippen LogP contribution in [-0.4, -0.2) is 57.8 Å². The molecule has 0 aliphatic carbocycles. The predicted molar refractivity (Wildman–Crippen MR) is 81.2 cm³/mol. The zero-order valence-corrected chi connectivity index (χ0v) is 13.2. The van der Waals surface area contributed by atoms with Crippen LogP contribution in [0.25, 0.3) is 0 Å². The standard InChI is InChI=1S/C16H22N4O2/c1-3-19-7-4-16(15(19)22)5-8-20(9-6-16)14(21)13-11-17-12(2)10-18-13/h10-11H,3-9H2,1-2H3. The molecule has 3 rings (SSSR count). The van der Waals surface area contributed by atoms with Crippen molar-refractivity contribution in [1.29, 1.82) is 0 Å². The zero-order chi connectivity index (χ0) is 15.7. The Hall–Kier alpha value is -1.98. The Morgan fingerprint density at radius 1 is 1.18 bits per heavy atom. The van der Waals surface area contributed by atoms with E-state index in [4.69, 9.17) is 0 Å². The minimum atomic E-state index is -0.230. The normalized spacial score (nSPS) is 20.7. The lowest BCUT2D eigenvalue weighted by Crippen LogP contribution is -2.46.